The van der Waals surface area contributed by atoms with Crippen LogP contribution in [0.15, 0.2) is 24.3 Å². The van der Waals surface area contributed by atoms with E-state index in [0.717, 1.165) is 12.5 Å². The number of hydrogen-bond acceptors (Lipinski definition) is 2. The Morgan fingerprint density at radius 3 is 2.44 bits per heavy atom. The average molecular weight is 247 g/mol. The van der Waals surface area contributed by atoms with Crippen LogP contribution in [-0.4, -0.2) is 23.1 Å². The number of likely N-dealkylation sites (tertiary alicyclic amines) is 1. The maximum atomic E-state index is 9.27. The molecule has 0 amide bonds. The Hall–Kier alpha value is -1.02. The van der Waals surface area contributed by atoms with Crippen molar-refractivity contribution < 1.29 is 5.11 Å². The Morgan fingerprint density at radius 2 is 1.83 bits per heavy atom. The van der Waals surface area contributed by atoms with Crippen molar-refractivity contribution in [1.29, 1.82) is 0 Å². The molecule has 0 spiro atoms. The van der Waals surface area contributed by atoms with Crippen LogP contribution in [0, 0.1) is 5.92 Å². The second-order valence-corrected chi connectivity index (χ2v) is 5.53. The molecule has 1 fully saturated rings. The summed E-state index contributed by atoms with van der Waals surface area (Å²) in [4.78, 5) is 2.54. The molecule has 2 rings (SSSR count). The molecule has 0 unspecified atom stereocenters. The van der Waals surface area contributed by atoms with E-state index in [9.17, 15) is 5.11 Å². The van der Waals surface area contributed by atoms with Crippen LogP contribution in [0.2, 0.25) is 0 Å². The summed E-state index contributed by atoms with van der Waals surface area (Å²) in [6, 6.07) is 7.61. The van der Waals surface area contributed by atoms with Crippen LogP contribution < -0.4 is 0 Å². The molecule has 0 saturated carbocycles. The molecule has 0 bridgehead atoms. The molecule has 1 aromatic carbocycles. The van der Waals surface area contributed by atoms with Crippen LogP contribution in [0.4, 0.5) is 0 Å². The van der Waals surface area contributed by atoms with Gasteiger partial charge >= 0.3 is 0 Å². The van der Waals surface area contributed by atoms with Crippen molar-refractivity contribution >= 4 is 0 Å². The van der Waals surface area contributed by atoms with E-state index >= 15 is 0 Å². The zero-order valence-corrected chi connectivity index (χ0v) is 11.4. The van der Waals surface area contributed by atoms with Crippen molar-refractivity contribution in [3.63, 3.8) is 0 Å². The Morgan fingerprint density at radius 1 is 1.17 bits per heavy atom. The van der Waals surface area contributed by atoms with Gasteiger partial charge in [-0.2, -0.15) is 0 Å². The first kappa shape index (κ1) is 13.4. The lowest BCUT2D eigenvalue weighted by atomic mass is 9.91. The van der Waals surface area contributed by atoms with Crippen LogP contribution in [-0.2, 0) is 6.54 Å². The minimum atomic E-state index is 0.358. The van der Waals surface area contributed by atoms with E-state index in [2.05, 4.69) is 11.8 Å². The Kier molecular flexibility index (Phi) is 5.06. The number of unbranched alkanes of at least 4 members (excludes halogenated alkanes) is 1. The molecule has 0 radical (unpaired) electrons. The van der Waals surface area contributed by atoms with Crippen molar-refractivity contribution in [2.45, 2.75) is 45.6 Å². The molecular formula is C16H25NO. The van der Waals surface area contributed by atoms with Crippen molar-refractivity contribution in [2.24, 2.45) is 5.92 Å². The summed E-state index contributed by atoms with van der Waals surface area (Å²) in [6.07, 6.45) is 6.86. The number of nitrogens with zero attached hydrogens (tertiary/aromatic N) is 1. The summed E-state index contributed by atoms with van der Waals surface area (Å²) in [7, 11) is 0. The normalized spacial score (nSPS) is 18.1. The van der Waals surface area contributed by atoms with Gasteiger partial charge in [0.15, 0.2) is 0 Å². The monoisotopic (exact) mass is 247 g/mol. The number of rotatable bonds is 5. The molecule has 1 N–H and O–H groups in total. The van der Waals surface area contributed by atoms with Crippen LogP contribution in [0.1, 0.15) is 44.6 Å². The first-order chi connectivity index (χ1) is 8.78. The first-order valence-corrected chi connectivity index (χ1v) is 7.28. The quantitative estimate of drug-likeness (QED) is 0.855. The van der Waals surface area contributed by atoms with E-state index in [1.54, 1.807) is 12.1 Å². The highest BCUT2D eigenvalue weighted by molar-refractivity contribution is 5.25. The Bertz CT molecular complexity index is 339. The highest BCUT2D eigenvalue weighted by Gasteiger charge is 2.18. The zero-order valence-electron chi connectivity index (χ0n) is 11.4. The lowest BCUT2D eigenvalue weighted by molar-refractivity contribution is 0.171. The molecule has 0 atom stereocenters. The van der Waals surface area contributed by atoms with Crippen LogP contribution >= 0.6 is 0 Å². The largest absolute Gasteiger partial charge is 0.508 e. The maximum Gasteiger partial charge on any atom is 0.115 e. The number of aromatic hydroxyl groups is 1. The molecule has 0 aliphatic carbocycles. The van der Waals surface area contributed by atoms with Gasteiger partial charge in [0.25, 0.3) is 0 Å². The molecule has 1 aromatic rings. The summed E-state index contributed by atoms with van der Waals surface area (Å²) >= 11 is 0. The van der Waals surface area contributed by atoms with Crippen molar-refractivity contribution in [2.75, 3.05) is 13.1 Å². The van der Waals surface area contributed by atoms with E-state index in [-0.39, 0.29) is 0 Å². The minimum Gasteiger partial charge on any atom is -0.508 e. The summed E-state index contributed by atoms with van der Waals surface area (Å²) in [5, 5.41) is 9.27. The molecule has 1 aliphatic heterocycles. The highest BCUT2D eigenvalue weighted by Crippen LogP contribution is 2.23. The molecule has 2 nitrogen and oxygen atoms in total. The summed E-state index contributed by atoms with van der Waals surface area (Å²) in [5.41, 5.74) is 1.31. The maximum absolute atomic E-state index is 9.27. The van der Waals surface area contributed by atoms with Crippen LogP contribution in [0.3, 0.4) is 0 Å². The first-order valence-electron chi connectivity index (χ1n) is 7.28. The smallest absolute Gasteiger partial charge is 0.115 e. The zero-order chi connectivity index (χ0) is 12.8. The fraction of sp³-hybridized carbons (Fsp3) is 0.625. The topological polar surface area (TPSA) is 23.5 Å². The van der Waals surface area contributed by atoms with Crippen molar-refractivity contribution in [3.05, 3.63) is 29.8 Å². The summed E-state index contributed by atoms with van der Waals surface area (Å²) in [6.45, 7) is 5.77. The third-order valence-electron chi connectivity index (χ3n) is 4.02. The third-order valence-corrected chi connectivity index (χ3v) is 4.02. The fourth-order valence-corrected chi connectivity index (χ4v) is 2.79. The molecule has 1 heterocycles. The second-order valence-electron chi connectivity index (χ2n) is 5.53. The standard InChI is InChI=1S/C16H25NO/c1-2-3-4-14-9-11-17(12-10-14)13-15-5-7-16(18)8-6-15/h5-8,14,18H,2-4,9-13H2,1H3. The van der Waals surface area contributed by atoms with Gasteiger partial charge in [0.1, 0.15) is 5.75 Å². The molecule has 18 heavy (non-hydrogen) atoms. The Balaban J connectivity index is 1.74. The number of phenolic OH excluding ortho intramolecular Hbond substituents is 1. The molecule has 2 heteroatoms. The SMILES string of the molecule is CCCCC1CCN(Cc2ccc(O)cc2)CC1. The third kappa shape index (κ3) is 4.02. The van der Waals surface area contributed by atoms with Crippen LogP contribution in [0.25, 0.3) is 0 Å². The summed E-state index contributed by atoms with van der Waals surface area (Å²) < 4.78 is 0. The molecule has 1 aliphatic rings. The molecular weight excluding hydrogens is 222 g/mol. The van der Waals surface area contributed by atoms with Gasteiger partial charge in [0, 0.05) is 6.54 Å². The van der Waals surface area contributed by atoms with E-state index in [4.69, 9.17) is 0 Å². The van der Waals surface area contributed by atoms with Crippen molar-refractivity contribution in [1.82, 2.24) is 4.90 Å². The number of piperidine rings is 1. The number of hydrogen-bond donors (Lipinski definition) is 1. The summed E-state index contributed by atoms with van der Waals surface area (Å²) in [5.74, 6) is 1.32. The van der Waals surface area contributed by atoms with E-state index < -0.39 is 0 Å². The number of phenols is 1. The van der Waals surface area contributed by atoms with Gasteiger partial charge < -0.3 is 5.11 Å². The van der Waals surface area contributed by atoms with Gasteiger partial charge in [-0.05, 0) is 49.5 Å². The molecule has 1 saturated heterocycles. The van der Waals surface area contributed by atoms with Gasteiger partial charge in [-0.3, -0.25) is 4.90 Å². The molecule has 0 aromatic heterocycles. The highest BCUT2D eigenvalue weighted by atomic mass is 16.3. The van der Waals surface area contributed by atoms with Crippen LogP contribution in [0.5, 0.6) is 5.75 Å². The van der Waals surface area contributed by atoms with E-state index in [0.29, 0.717) is 5.75 Å². The lowest BCUT2D eigenvalue weighted by Gasteiger charge is -2.32. The average Bonchev–Trinajstić information content (AvgIpc) is 2.41. The molecule has 100 valence electrons. The second kappa shape index (κ2) is 6.79. The van der Waals surface area contributed by atoms with Gasteiger partial charge in [0.05, 0.1) is 0 Å². The van der Waals surface area contributed by atoms with Crippen molar-refractivity contribution in [3.8, 4) is 5.75 Å². The van der Waals surface area contributed by atoms with E-state index in [1.807, 2.05) is 12.1 Å². The lowest BCUT2D eigenvalue weighted by Crippen LogP contribution is -2.33. The van der Waals surface area contributed by atoms with Gasteiger partial charge in [-0.1, -0.05) is 38.3 Å². The Labute approximate surface area is 111 Å². The van der Waals surface area contributed by atoms with E-state index in [1.165, 1.54) is 50.8 Å². The predicted octanol–water partition coefficient (Wildman–Crippen LogP) is 3.79. The minimum absolute atomic E-state index is 0.358. The predicted molar refractivity (Wildman–Crippen MR) is 75.6 cm³/mol. The fourth-order valence-electron chi connectivity index (χ4n) is 2.79. The van der Waals surface area contributed by atoms with Gasteiger partial charge in [0.2, 0.25) is 0 Å². The van der Waals surface area contributed by atoms with Gasteiger partial charge in [-0.15, -0.1) is 0 Å². The number of benzene rings is 1. The van der Waals surface area contributed by atoms with Gasteiger partial charge in [-0.25, -0.2) is 0 Å².